The highest BCUT2D eigenvalue weighted by molar-refractivity contribution is 5.79. The van der Waals surface area contributed by atoms with Gasteiger partial charge in [-0.05, 0) is 43.0 Å². The lowest BCUT2D eigenvalue weighted by Crippen LogP contribution is -2.31. The minimum Gasteiger partial charge on any atom is -0.478 e. The highest BCUT2D eigenvalue weighted by atomic mass is 16.5. The van der Waals surface area contributed by atoms with Crippen molar-refractivity contribution in [2.75, 3.05) is 19.7 Å². The normalized spacial score (nSPS) is 16.4. The second-order valence-corrected chi connectivity index (χ2v) is 6.85. The van der Waals surface area contributed by atoms with Gasteiger partial charge in [-0.15, -0.1) is 0 Å². The lowest BCUT2D eigenvalue weighted by atomic mass is 10.00. The molecule has 2 aromatic rings. The minimum atomic E-state index is 0.692. The molecule has 0 saturated heterocycles. The van der Waals surface area contributed by atoms with Crippen molar-refractivity contribution in [3.63, 3.8) is 0 Å². The van der Waals surface area contributed by atoms with Gasteiger partial charge in [-0.3, -0.25) is 9.89 Å². The summed E-state index contributed by atoms with van der Waals surface area (Å²) in [5.41, 5.74) is 4.84. The van der Waals surface area contributed by atoms with Crippen LogP contribution in [0.15, 0.2) is 53.5 Å². The maximum Gasteiger partial charge on any atom is 0.213 e. The van der Waals surface area contributed by atoms with E-state index in [4.69, 9.17) is 4.74 Å². The summed E-state index contributed by atoms with van der Waals surface area (Å²) in [6.07, 6.45) is 8.25. The van der Waals surface area contributed by atoms with Gasteiger partial charge in [0.25, 0.3) is 0 Å². The fourth-order valence-corrected chi connectivity index (χ4v) is 3.54. The van der Waals surface area contributed by atoms with Crippen molar-refractivity contribution < 1.29 is 4.74 Å². The van der Waals surface area contributed by atoms with Gasteiger partial charge >= 0.3 is 0 Å². The van der Waals surface area contributed by atoms with E-state index in [1.54, 1.807) is 0 Å². The van der Waals surface area contributed by atoms with E-state index in [2.05, 4.69) is 45.2 Å². The van der Waals surface area contributed by atoms with Crippen molar-refractivity contribution in [2.45, 2.75) is 32.2 Å². The van der Waals surface area contributed by atoms with Crippen LogP contribution in [-0.2, 0) is 13.0 Å². The van der Waals surface area contributed by atoms with Gasteiger partial charge in [0, 0.05) is 31.8 Å². The number of aliphatic imine (C=N–C) groups is 1. The molecule has 4 nitrogen and oxygen atoms in total. The fraction of sp³-hybridized carbons (Fsp3) is 0.364. The number of allylic oxidation sites excluding steroid dienone is 1. The smallest absolute Gasteiger partial charge is 0.213 e. The molecule has 0 atom stereocenters. The molecule has 4 rings (SSSR count). The summed E-state index contributed by atoms with van der Waals surface area (Å²) in [6, 6.07) is 14.7. The van der Waals surface area contributed by atoms with Gasteiger partial charge in [0.2, 0.25) is 5.88 Å². The van der Waals surface area contributed by atoms with Crippen molar-refractivity contribution in [1.82, 2.24) is 9.88 Å². The molecule has 0 aliphatic carbocycles. The number of ether oxygens (including phenoxy) is 1. The number of hydrogen-bond acceptors (Lipinski definition) is 4. The zero-order valence-electron chi connectivity index (χ0n) is 15.1. The van der Waals surface area contributed by atoms with Gasteiger partial charge in [0.15, 0.2) is 0 Å². The van der Waals surface area contributed by atoms with E-state index >= 15 is 0 Å². The molecule has 0 amide bonds. The van der Waals surface area contributed by atoms with Gasteiger partial charge < -0.3 is 4.74 Å². The molecule has 0 bridgehead atoms. The van der Waals surface area contributed by atoms with E-state index < -0.39 is 0 Å². The van der Waals surface area contributed by atoms with Crippen LogP contribution < -0.4 is 4.74 Å². The van der Waals surface area contributed by atoms with Crippen molar-refractivity contribution >= 4 is 11.9 Å². The molecule has 0 radical (unpaired) electrons. The first-order valence-electron chi connectivity index (χ1n) is 9.50. The molecule has 0 fully saturated rings. The predicted octanol–water partition coefficient (Wildman–Crippen LogP) is 4.11. The van der Waals surface area contributed by atoms with Crippen LogP contribution in [0.4, 0.5) is 0 Å². The zero-order valence-corrected chi connectivity index (χ0v) is 15.1. The van der Waals surface area contributed by atoms with Crippen LogP contribution in [0.25, 0.3) is 5.70 Å². The molecule has 0 spiro atoms. The summed E-state index contributed by atoms with van der Waals surface area (Å²) in [5.74, 6) is 0.692. The number of hydrogen-bond donors (Lipinski definition) is 0. The molecule has 1 aromatic heterocycles. The summed E-state index contributed by atoms with van der Waals surface area (Å²) in [7, 11) is 0. The SMILES string of the molecule is C1=NC(c2cccc(OCCCCN3CCc4ccccc4C3)n2)=CC1. The van der Waals surface area contributed by atoms with Crippen LogP contribution in [-0.4, -0.2) is 35.8 Å². The number of aromatic nitrogens is 1. The second-order valence-electron chi connectivity index (χ2n) is 6.85. The van der Waals surface area contributed by atoms with E-state index in [1.807, 2.05) is 24.4 Å². The summed E-state index contributed by atoms with van der Waals surface area (Å²) in [6.45, 7) is 4.09. The number of benzene rings is 1. The average Bonchev–Trinajstić information content (AvgIpc) is 3.23. The third-order valence-electron chi connectivity index (χ3n) is 4.96. The molecule has 1 aromatic carbocycles. The number of unbranched alkanes of at least 4 members (excludes halogenated alkanes) is 1. The molecule has 2 aliphatic rings. The quantitative estimate of drug-likeness (QED) is 0.707. The molecule has 0 N–H and O–H groups in total. The van der Waals surface area contributed by atoms with E-state index in [1.165, 1.54) is 17.5 Å². The van der Waals surface area contributed by atoms with Crippen molar-refractivity contribution in [1.29, 1.82) is 0 Å². The highest BCUT2D eigenvalue weighted by Gasteiger charge is 2.14. The minimum absolute atomic E-state index is 0.692. The Morgan fingerprint density at radius 2 is 1.92 bits per heavy atom. The average molecular weight is 347 g/mol. The third kappa shape index (κ3) is 4.20. The zero-order chi connectivity index (χ0) is 17.6. The Bertz CT molecular complexity index is 813. The summed E-state index contributed by atoms with van der Waals surface area (Å²) in [4.78, 5) is 11.4. The highest BCUT2D eigenvalue weighted by Crippen LogP contribution is 2.21. The molecular formula is C22H25N3O. The molecule has 4 heteroatoms. The topological polar surface area (TPSA) is 37.7 Å². The molecule has 134 valence electrons. The first-order chi connectivity index (χ1) is 12.9. The largest absolute Gasteiger partial charge is 0.478 e. The number of fused-ring (bicyclic) bond motifs is 1. The molecule has 2 aliphatic heterocycles. The maximum absolute atomic E-state index is 5.84. The van der Waals surface area contributed by atoms with Crippen LogP contribution in [0.1, 0.15) is 36.1 Å². The Kier molecular flexibility index (Phi) is 5.41. The maximum atomic E-state index is 5.84. The van der Waals surface area contributed by atoms with E-state index in [0.717, 1.165) is 50.3 Å². The number of nitrogens with zero attached hydrogens (tertiary/aromatic N) is 3. The molecular weight excluding hydrogens is 322 g/mol. The fourth-order valence-electron chi connectivity index (χ4n) is 3.54. The number of pyridine rings is 1. The van der Waals surface area contributed by atoms with Crippen LogP contribution >= 0.6 is 0 Å². The molecule has 0 saturated carbocycles. The van der Waals surface area contributed by atoms with Crippen LogP contribution in [0, 0.1) is 0 Å². The predicted molar refractivity (Wildman–Crippen MR) is 105 cm³/mol. The van der Waals surface area contributed by atoms with Crippen LogP contribution in [0.2, 0.25) is 0 Å². The number of rotatable bonds is 7. The van der Waals surface area contributed by atoms with Crippen molar-refractivity contribution in [3.05, 3.63) is 65.4 Å². The van der Waals surface area contributed by atoms with Crippen LogP contribution in [0.5, 0.6) is 5.88 Å². The van der Waals surface area contributed by atoms with Gasteiger partial charge in [-0.25, -0.2) is 4.98 Å². The monoisotopic (exact) mass is 347 g/mol. The summed E-state index contributed by atoms with van der Waals surface area (Å²) < 4.78 is 5.84. The Morgan fingerprint density at radius 3 is 2.81 bits per heavy atom. The Hall–Kier alpha value is -2.46. The van der Waals surface area contributed by atoms with Gasteiger partial charge in [-0.1, -0.05) is 36.4 Å². The van der Waals surface area contributed by atoms with Gasteiger partial charge in [0.1, 0.15) is 0 Å². The van der Waals surface area contributed by atoms with Crippen molar-refractivity contribution in [3.8, 4) is 5.88 Å². The standard InChI is InChI=1S/C22H25N3O/c1-2-8-19-17-25(15-12-18(19)7-1)14-3-4-16-26-22-11-5-9-21(24-22)20-10-6-13-23-20/h1-2,5,7-11,13H,3-4,6,12,14-17H2. The first kappa shape index (κ1) is 17.0. The van der Waals surface area contributed by atoms with E-state index in [9.17, 15) is 0 Å². The Balaban J connectivity index is 1.19. The summed E-state index contributed by atoms with van der Waals surface area (Å²) in [5, 5.41) is 0. The summed E-state index contributed by atoms with van der Waals surface area (Å²) >= 11 is 0. The van der Waals surface area contributed by atoms with E-state index in [-0.39, 0.29) is 0 Å². The molecule has 26 heavy (non-hydrogen) atoms. The second kappa shape index (κ2) is 8.28. The van der Waals surface area contributed by atoms with E-state index in [0.29, 0.717) is 12.5 Å². The van der Waals surface area contributed by atoms with Crippen LogP contribution in [0.3, 0.4) is 0 Å². The lowest BCUT2D eigenvalue weighted by Gasteiger charge is -2.28. The lowest BCUT2D eigenvalue weighted by molar-refractivity contribution is 0.233. The first-order valence-corrected chi connectivity index (χ1v) is 9.50. The third-order valence-corrected chi connectivity index (χ3v) is 4.96. The molecule has 3 heterocycles. The Labute approximate surface area is 155 Å². The molecule has 0 unspecified atom stereocenters. The van der Waals surface area contributed by atoms with Gasteiger partial charge in [0.05, 0.1) is 18.0 Å². The van der Waals surface area contributed by atoms with Gasteiger partial charge in [-0.2, -0.15) is 0 Å². The Morgan fingerprint density at radius 1 is 1.00 bits per heavy atom. The van der Waals surface area contributed by atoms with Crippen molar-refractivity contribution in [2.24, 2.45) is 4.99 Å².